The maximum atomic E-state index is 11.4. The Morgan fingerprint density at radius 2 is 1.93 bits per heavy atom. The lowest BCUT2D eigenvalue weighted by Gasteiger charge is -2.12. The number of para-hydroxylation sites is 1. The number of amides is 2. The van der Waals surface area contributed by atoms with Crippen LogP contribution in [0, 0.1) is 0 Å². The zero-order chi connectivity index (χ0) is 11.3. The van der Waals surface area contributed by atoms with Gasteiger partial charge in [0, 0.05) is 19.3 Å². The SMILES string of the molecule is CC.CN1CCc2ccccc2NC1=O. The molecule has 0 saturated heterocycles. The van der Waals surface area contributed by atoms with Crippen LogP contribution in [-0.4, -0.2) is 24.5 Å². The third-order valence-corrected chi connectivity index (χ3v) is 2.32. The lowest BCUT2D eigenvalue weighted by atomic mass is 10.1. The number of carbonyl (C=O) groups excluding carboxylic acids is 1. The van der Waals surface area contributed by atoms with E-state index < -0.39 is 0 Å². The molecule has 0 aliphatic carbocycles. The normalized spacial score (nSPS) is 14.3. The summed E-state index contributed by atoms with van der Waals surface area (Å²) in [6.45, 7) is 4.78. The Labute approximate surface area is 91.1 Å². The maximum absolute atomic E-state index is 11.4. The number of benzene rings is 1. The summed E-state index contributed by atoms with van der Waals surface area (Å²) >= 11 is 0. The molecule has 1 N–H and O–H groups in total. The second kappa shape index (κ2) is 5.39. The monoisotopic (exact) mass is 206 g/mol. The highest BCUT2D eigenvalue weighted by Gasteiger charge is 2.15. The van der Waals surface area contributed by atoms with Crippen LogP contribution in [0.15, 0.2) is 24.3 Å². The molecule has 1 aromatic rings. The average Bonchev–Trinajstić information content (AvgIpc) is 2.43. The van der Waals surface area contributed by atoms with Gasteiger partial charge in [0.2, 0.25) is 0 Å². The fourth-order valence-electron chi connectivity index (χ4n) is 1.46. The predicted octanol–water partition coefficient (Wildman–Crippen LogP) is 2.73. The van der Waals surface area contributed by atoms with Gasteiger partial charge in [-0.1, -0.05) is 32.0 Å². The summed E-state index contributed by atoms with van der Waals surface area (Å²) in [6, 6.07) is 7.90. The lowest BCUT2D eigenvalue weighted by Crippen LogP contribution is -2.30. The molecule has 1 aliphatic heterocycles. The Hall–Kier alpha value is -1.51. The number of rotatable bonds is 0. The number of nitrogens with zero attached hydrogens (tertiary/aromatic N) is 1. The Balaban J connectivity index is 0.000000531. The summed E-state index contributed by atoms with van der Waals surface area (Å²) in [5.41, 5.74) is 2.15. The minimum atomic E-state index is -0.0232. The fraction of sp³-hybridized carbons (Fsp3) is 0.417. The molecule has 0 atom stereocenters. The van der Waals surface area contributed by atoms with E-state index in [-0.39, 0.29) is 6.03 Å². The van der Waals surface area contributed by atoms with Crippen LogP contribution in [0.25, 0.3) is 0 Å². The number of hydrogen-bond acceptors (Lipinski definition) is 1. The number of fused-ring (bicyclic) bond motifs is 1. The summed E-state index contributed by atoms with van der Waals surface area (Å²) in [6.07, 6.45) is 0.922. The van der Waals surface area contributed by atoms with Crippen molar-refractivity contribution in [2.45, 2.75) is 20.3 Å². The minimum absolute atomic E-state index is 0.0232. The average molecular weight is 206 g/mol. The van der Waals surface area contributed by atoms with Crippen LogP contribution in [0.5, 0.6) is 0 Å². The van der Waals surface area contributed by atoms with Gasteiger partial charge in [-0.05, 0) is 18.1 Å². The topological polar surface area (TPSA) is 32.3 Å². The Morgan fingerprint density at radius 1 is 1.27 bits per heavy atom. The van der Waals surface area contributed by atoms with E-state index in [9.17, 15) is 4.79 Å². The highest BCUT2D eigenvalue weighted by Crippen LogP contribution is 2.18. The van der Waals surface area contributed by atoms with Crippen LogP contribution in [0.2, 0.25) is 0 Å². The largest absolute Gasteiger partial charge is 0.327 e. The lowest BCUT2D eigenvalue weighted by molar-refractivity contribution is 0.224. The molecule has 0 aromatic heterocycles. The van der Waals surface area contributed by atoms with Crippen molar-refractivity contribution in [3.63, 3.8) is 0 Å². The number of anilines is 1. The molecule has 82 valence electrons. The fourth-order valence-corrected chi connectivity index (χ4v) is 1.46. The van der Waals surface area contributed by atoms with Crippen molar-refractivity contribution in [3.8, 4) is 0 Å². The van der Waals surface area contributed by atoms with E-state index in [2.05, 4.69) is 11.4 Å². The number of carbonyl (C=O) groups is 1. The highest BCUT2D eigenvalue weighted by molar-refractivity contribution is 5.90. The van der Waals surface area contributed by atoms with Gasteiger partial charge in [0.25, 0.3) is 0 Å². The molecule has 0 fully saturated rings. The number of nitrogens with one attached hydrogen (secondary N) is 1. The molecular weight excluding hydrogens is 188 g/mol. The van der Waals surface area contributed by atoms with Gasteiger partial charge < -0.3 is 10.2 Å². The second-order valence-corrected chi connectivity index (χ2v) is 3.26. The van der Waals surface area contributed by atoms with E-state index in [1.165, 1.54) is 5.56 Å². The number of urea groups is 1. The van der Waals surface area contributed by atoms with E-state index in [0.717, 1.165) is 18.7 Å². The van der Waals surface area contributed by atoms with E-state index in [1.54, 1.807) is 11.9 Å². The Kier molecular flexibility index (Phi) is 4.16. The van der Waals surface area contributed by atoms with Crippen LogP contribution in [0.4, 0.5) is 10.5 Å². The predicted molar refractivity (Wildman–Crippen MR) is 63.1 cm³/mol. The summed E-state index contributed by atoms with van der Waals surface area (Å²) in [5, 5.41) is 2.86. The van der Waals surface area contributed by atoms with E-state index in [0.29, 0.717) is 0 Å². The molecule has 0 saturated carbocycles. The molecule has 0 radical (unpaired) electrons. The van der Waals surface area contributed by atoms with Crippen LogP contribution in [0.1, 0.15) is 19.4 Å². The summed E-state index contributed by atoms with van der Waals surface area (Å²) in [7, 11) is 1.81. The number of likely N-dealkylation sites (N-methyl/N-ethyl adjacent to an activating group) is 1. The van der Waals surface area contributed by atoms with Gasteiger partial charge in [-0.25, -0.2) is 4.79 Å². The first-order valence-electron chi connectivity index (χ1n) is 5.37. The van der Waals surface area contributed by atoms with Crippen molar-refractivity contribution < 1.29 is 4.79 Å². The molecule has 2 amide bonds. The highest BCUT2D eigenvalue weighted by atomic mass is 16.2. The van der Waals surface area contributed by atoms with Crippen molar-refractivity contribution in [1.82, 2.24) is 4.90 Å². The number of hydrogen-bond donors (Lipinski definition) is 1. The van der Waals surface area contributed by atoms with Gasteiger partial charge in [0.05, 0.1) is 0 Å². The smallest absolute Gasteiger partial charge is 0.321 e. The first-order valence-corrected chi connectivity index (χ1v) is 5.37. The van der Waals surface area contributed by atoms with Gasteiger partial charge >= 0.3 is 6.03 Å². The molecular formula is C12H18N2O. The van der Waals surface area contributed by atoms with Gasteiger partial charge in [-0.2, -0.15) is 0 Å². The summed E-state index contributed by atoms with van der Waals surface area (Å²) in [4.78, 5) is 13.1. The molecule has 15 heavy (non-hydrogen) atoms. The van der Waals surface area contributed by atoms with Crippen LogP contribution in [-0.2, 0) is 6.42 Å². The van der Waals surface area contributed by atoms with E-state index >= 15 is 0 Å². The maximum Gasteiger partial charge on any atom is 0.321 e. The Bertz CT molecular complexity index is 336. The standard InChI is InChI=1S/C10H12N2O.C2H6/c1-12-7-6-8-4-2-3-5-9(8)11-10(12)13;1-2/h2-5H,6-7H2,1H3,(H,11,13);1-2H3. The van der Waals surface area contributed by atoms with Crippen LogP contribution < -0.4 is 5.32 Å². The Morgan fingerprint density at radius 3 is 2.67 bits per heavy atom. The van der Waals surface area contributed by atoms with Gasteiger partial charge in [0.1, 0.15) is 0 Å². The van der Waals surface area contributed by atoms with E-state index in [4.69, 9.17) is 0 Å². The molecule has 3 nitrogen and oxygen atoms in total. The van der Waals surface area contributed by atoms with Crippen LogP contribution in [0.3, 0.4) is 0 Å². The zero-order valence-electron chi connectivity index (χ0n) is 9.58. The quantitative estimate of drug-likeness (QED) is 0.695. The molecule has 3 heteroatoms. The molecule has 0 bridgehead atoms. The van der Waals surface area contributed by atoms with E-state index in [1.807, 2.05) is 32.0 Å². The van der Waals surface area contributed by atoms with Gasteiger partial charge in [-0.15, -0.1) is 0 Å². The van der Waals surface area contributed by atoms with Gasteiger partial charge in [0.15, 0.2) is 0 Å². The first-order chi connectivity index (χ1) is 7.27. The van der Waals surface area contributed by atoms with Crippen molar-refractivity contribution in [2.24, 2.45) is 0 Å². The van der Waals surface area contributed by atoms with Crippen molar-refractivity contribution in [2.75, 3.05) is 18.9 Å². The second-order valence-electron chi connectivity index (χ2n) is 3.26. The van der Waals surface area contributed by atoms with Gasteiger partial charge in [-0.3, -0.25) is 0 Å². The van der Waals surface area contributed by atoms with Crippen molar-refractivity contribution in [3.05, 3.63) is 29.8 Å². The molecule has 0 unspecified atom stereocenters. The molecule has 1 aliphatic rings. The van der Waals surface area contributed by atoms with Crippen LogP contribution >= 0.6 is 0 Å². The summed E-state index contributed by atoms with van der Waals surface area (Å²) < 4.78 is 0. The summed E-state index contributed by atoms with van der Waals surface area (Å²) in [5.74, 6) is 0. The van der Waals surface area contributed by atoms with Crippen molar-refractivity contribution >= 4 is 11.7 Å². The molecule has 1 aromatic carbocycles. The third-order valence-electron chi connectivity index (χ3n) is 2.32. The molecule has 0 spiro atoms. The first kappa shape index (κ1) is 11.6. The minimum Gasteiger partial charge on any atom is -0.327 e. The molecule has 1 heterocycles. The zero-order valence-corrected chi connectivity index (χ0v) is 9.58. The molecule has 2 rings (SSSR count). The van der Waals surface area contributed by atoms with Crippen molar-refractivity contribution in [1.29, 1.82) is 0 Å². The third kappa shape index (κ3) is 2.72.